The van der Waals surface area contributed by atoms with Gasteiger partial charge in [0, 0.05) is 19.0 Å². The lowest BCUT2D eigenvalue weighted by atomic mass is 10.1. The normalized spacial score (nSPS) is 19.9. The van der Waals surface area contributed by atoms with Gasteiger partial charge in [0.25, 0.3) is 0 Å². The first-order valence-electron chi connectivity index (χ1n) is 25.5. The van der Waals surface area contributed by atoms with Crippen molar-refractivity contribution in [3.63, 3.8) is 0 Å². The van der Waals surface area contributed by atoms with Crippen LogP contribution in [0.4, 0.5) is 5.82 Å². The molecule has 1 fully saturated rings. The average molecular weight is 1070 g/mol. The molecular formula is C54H81N3O15P2. The van der Waals surface area contributed by atoms with Gasteiger partial charge in [-0.05, 0) is 96.0 Å². The second-order valence-corrected chi connectivity index (χ2v) is 19.9. The molecule has 0 spiro atoms. The van der Waals surface area contributed by atoms with Gasteiger partial charge in [-0.25, -0.2) is 13.9 Å². The third-order valence-electron chi connectivity index (χ3n) is 10.6. The lowest BCUT2D eigenvalue weighted by Crippen LogP contribution is -2.36. The molecule has 0 saturated carbocycles. The first kappa shape index (κ1) is 65.3. The van der Waals surface area contributed by atoms with Crippen LogP contribution in [0.25, 0.3) is 0 Å². The van der Waals surface area contributed by atoms with Crippen molar-refractivity contribution in [2.75, 3.05) is 25.6 Å². The van der Waals surface area contributed by atoms with Gasteiger partial charge < -0.3 is 39.9 Å². The second kappa shape index (κ2) is 40.5. The van der Waals surface area contributed by atoms with Crippen LogP contribution in [0.2, 0.25) is 0 Å². The molecule has 1 aliphatic heterocycles. The number of aliphatic hydroxyl groups is 2. The number of aromatic nitrogens is 2. The van der Waals surface area contributed by atoms with Crippen molar-refractivity contribution in [1.82, 2.24) is 9.55 Å². The number of anilines is 1. The first-order chi connectivity index (χ1) is 35.7. The molecule has 3 unspecified atom stereocenters. The fourth-order valence-electron chi connectivity index (χ4n) is 6.68. The van der Waals surface area contributed by atoms with Crippen molar-refractivity contribution in [1.29, 1.82) is 0 Å². The topological polar surface area (TPSA) is 265 Å². The van der Waals surface area contributed by atoms with Gasteiger partial charge in [0.15, 0.2) is 12.3 Å². The molecule has 6 N–H and O–H groups in total. The first-order valence-corrected chi connectivity index (χ1v) is 28.5. The summed E-state index contributed by atoms with van der Waals surface area (Å²) in [5.74, 6) is -1.44. The van der Waals surface area contributed by atoms with E-state index in [0.29, 0.717) is 19.3 Å². The number of hydrogen-bond donors (Lipinski definition) is 5. The Morgan fingerprint density at radius 3 is 1.64 bits per heavy atom. The van der Waals surface area contributed by atoms with E-state index in [1.165, 1.54) is 6.07 Å². The highest BCUT2D eigenvalue weighted by atomic mass is 31.3. The molecular weight excluding hydrogens is 993 g/mol. The Kier molecular flexibility index (Phi) is 35.7. The molecule has 0 aromatic carbocycles. The van der Waals surface area contributed by atoms with Crippen molar-refractivity contribution in [2.45, 2.75) is 160 Å². The van der Waals surface area contributed by atoms with Crippen LogP contribution in [-0.4, -0.2) is 85.7 Å². The number of allylic oxidation sites excluding steroid dienone is 20. The number of esters is 2. The predicted octanol–water partition coefficient (Wildman–Crippen LogP) is 10.8. The van der Waals surface area contributed by atoms with E-state index >= 15 is 0 Å². The number of phosphoric ester groups is 2. The van der Waals surface area contributed by atoms with Crippen LogP contribution in [0.5, 0.6) is 0 Å². The molecule has 412 valence electrons. The maximum absolute atomic E-state index is 12.9. The zero-order chi connectivity index (χ0) is 54.1. The summed E-state index contributed by atoms with van der Waals surface area (Å²) in [7, 11) is -10.9. The highest BCUT2D eigenvalue weighted by molar-refractivity contribution is 7.61. The minimum atomic E-state index is -5.45. The van der Waals surface area contributed by atoms with Gasteiger partial charge in [-0.2, -0.15) is 9.29 Å². The standard InChI is InChI=1S/C54H81N3O15P2/c1-3-5-7-9-11-13-15-17-19-21-22-24-25-27-29-31-33-35-37-39-49(58)67-43-46(70-50(59)40-38-36-34-32-30-28-26-23-20-18-16-14-12-10-8-6-4-2)44-68-73(63,64)72-74(65,66)69-45-47-51(60)52(61)53(71-47)57-42-41-48(55)56-54(57)62/h5-8,11-14,17-20,22,24,26-29,33,35,41-42,46-47,51-53,60-61H,3-4,9-10,15-16,21,23,25,30-32,34,36-40,43-45H2,1-2H3,(H,63,64)(H,65,66)(H2,55,56,62)/b7-5-,8-6-,13-11-,14-12-,19-17-,20-18-,24-22-,28-26-,29-27-,35-33-/t46-,47-,51+,52?,53-/m1/s1. The summed E-state index contributed by atoms with van der Waals surface area (Å²) in [6, 6.07) is 1.24. The number of nitrogen functional groups attached to an aromatic ring is 1. The molecule has 0 radical (unpaired) electrons. The Bertz CT molecular complexity index is 2210. The molecule has 7 atom stereocenters. The fourth-order valence-corrected chi connectivity index (χ4v) is 8.79. The summed E-state index contributed by atoms with van der Waals surface area (Å²) in [5.41, 5.74) is 4.58. The van der Waals surface area contributed by atoms with Gasteiger partial charge >= 0.3 is 33.3 Å². The third-order valence-corrected chi connectivity index (χ3v) is 13.2. The number of nitrogens with two attached hydrogens (primary N) is 1. The van der Waals surface area contributed by atoms with Gasteiger partial charge in [-0.15, -0.1) is 0 Å². The SMILES string of the molecule is CC/C=C\C/C=C\C/C=C\C/C=C\C/C=C\C/C=C\CCC(=O)OC[C@H](COP(=O)(O)OP(=O)(O)OC[C@H]1O[C@@H](n2ccc(N)nc2=O)C(O)[C@H]1O)OC(=O)CCCCCC/C=C\C/C=C\C/C=C\C/C=C\CC. The largest absolute Gasteiger partial charge is 0.481 e. The van der Waals surface area contributed by atoms with E-state index < -0.39 is 83.7 Å². The van der Waals surface area contributed by atoms with Crippen molar-refractivity contribution >= 4 is 33.4 Å². The minimum absolute atomic E-state index is 0.00180. The van der Waals surface area contributed by atoms with Crippen molar-refractivity contribution < 1.29 is 66.3 Å². The molecule has 74 heavy (non-hydrogen) atoms. The van der Waals surface area contributed by atoms with Crippen LogP contribution in [0.3, 0.4) is 0 Å². The number of carbonyl (C=O) groups is 2. The van der Waals surface area contributed by atoms with E-state index in [1.54, 1.807) is 0 Å². The van der Waals surface area contributed by atoms with Gasteiger partial charge in [0.2, 0.25) is 0 Å². The average Bonchev–Trinajstić information content (AvgIpc) is 3.64. The number of carbonyl (C=O) groups excluding carboxylic acids is 2. The number of aliphatic hydroxyl groups excluding tert-OH is 2. The monoisotopic (exact) mass is 1070 g/mol. The predicted molar refractivity (Wildman–Crippen MR) is 288 cm³/mol. The van der Waals surface area contributed by atoms with Crippen LogP contribution in [0, 0.1) is 0 Å². The number of hydrogen-bond acceptors (Lipinski definition) is 15. The molecule has 1 aliphatic rings. The van der Waals surface area contributed by atoms with E-state index in [-0.39, 0.29) is 18.7 Å². The minimum Gasteiger partial charge on any atom is -0.462 e. The zero-order valence-electron chi connectivity index (χ0n) is 43.1. The van der Waals surface area contributed by atoms with Gasteiger partial charge in [-0.1, -0.05) is 148 Å². The second-order valence-electron chi connectivity index (χ2n) is 16.9. The summed E-state index contributed by atoms with van der Waals surface area (Å²) in [4.78, 5) is 61.9. The lowest BCUT2D eigenvalue weighted by molar-refractivity contribution is -0.161. The summed E-state index contributed by atoms with van der Waals surface area (Å²) < 4.78 is 56.7. The Hall–Kier alpha value is -4.84. The smallest absolute Gasteiger partial charge is 0.462 e. The Labute approximate surface area is 437 Å². The number of ether oxygens (including phenoxy) is 3. The van der Waals surface area contributed by atoms with E-state index in [0.717, 1.165) is 94.2 Å². The molecule has 2 heterocycles. The van der Waals surface area contributed by atoms with Gasteiger partial charge in [0.05, 0.1) is 13.2 Å². The summed E-state index contributed by atoms with van der Waals surface area (Å²) >= 11 is 0. The van der Waals surface area contributed by atoms with Crippen molar-refractivity contribution in [3.05, 3.63) is 144 Å². The van der Waals surface area contributed by atoms with Crippen molar-refractivity contribution in [2.24, 2.45) is 0 Å². The molecule has 2 rings (SSSR count). The van der Waals surface area contributed by atoms with E-state index in [9.17, 15) is 43.5 Å². The van der Waals surface area contributed by atoms with Crippen LogP contribution >= 0.6 is 15.6 Å². The Morgan fingerprint density at radius 2 is 1.12 bits per heavy atom. The highest BCUT2D eigenvalue weighted by Crippen LogP contribution is 2.60. The lowest BCUT2D eigenvalue weighted by Gasteiger charge is -2.21. The maximum atomic E-state index is 12.9. The van der Waals surface area contributed by atoms with Crippen LogP contribution in [0.15, 0.2) is 139 Å². The third kappa shape index (κ3) is 32.5. The van der Waals surface area contributed by atoms with Crippen molar-refractivity contribution in [3.8, 4) is 0 Å². The maximum Gasteiger partial charge on any atom is 0.481 e. The molecule has 1 aromatic heterocycles. The molecule has 20 heteroatoms. The molecule has 1 aromatic rings. The molecule has 1 saturated heterocycles. The van der Waals surface area contributed by atoms with E-state index in [1.807, 2.05) is 18.2 Å². The van der Waals surface area contributed by atoms with Crippen LogP contribution in [0.1, 0.15) is 136 Å². The summed E-state index contributed by atoms with van der Waals surface area (Å²) in [5, 5.41) is 20.9. The number of nitrogens with zero attached hydrogens (tertiary/aromatic N) is 2. The Balaban J connectivity index is 1.85. The highest BCUT2D eigenvalue weighted by Gasteiger charge is 2.46. The van der Waals surface area contributed by atoms with E-state index in [2.05, 4.69) is 126 Å². The molecule has 0 aliphatic carbocycles. The number of phosphoric acid groups is 2. The quantitative estimate of drug-likeness (QED) is 0.0177. The van der Waals surface area contributed by atoms with Crippen LogP contribution in [-0.2, 0) is 46.3 Å². The number of rotatable bonds is 40. The van der Waals surface area contributed by atoms with Gasteiger partial charge in [0.1, 0.15) is 30.7 Å². The van der Waals surface area contributed by atoms with E-state index in [4.69, 9.17) is 29.0 Å². The molecule has 18 nitrogen and oxygen atoms in total. The van der Waals surface area contributed by atoms with Crippen LogP contribution < -0.4 is 11.4 Å². The zero-order valence-corrected chi connectivity index (χ0v) is 44.9. The number of unbranched alkanes of at least 4 members (excludes halogenated alkanes) is 4. The molecule has 0 amide bonds. The Morgan fingerprint density at radius 1 is 0.649 bits per heavy atom. The summed E-state index contributed by atoms with van der Waals surface area (Å²) in [6.07, 6.45) is 48.6. The fraction of sp³-hybridized carbons (Fsp3) is 0.519. The molecule has 0 bridgehead atoms. The summed E-state index contributed by atoms with van der Waals surface area (Å²) in [6.45, 7) is 1.81. The van der Waals surface area contributed by atoms with Gasteiger partial charge in [-0.3, -0.25) is 23.2 Å².